The summed E-state index contributed by atoms with van der Waals surface area (Å²) in [6.07, 6.45) is 2.59. The number of carbonyl (C=O) groups excluding carboxylic acids is 1. The molecule has 1 saturated carbocycles. The Kier molecular flexibility index (Phi) is 8.00. The Morgan fingerprint density at radius 1 is 1.14 bits per heavy atom. The van der Waals surface area contributed by atoms with Gasteiger partial charge in [0.1, 0.15) is 5.60 Å². The Morgan fingerprint density at radius 2 is 1.86 bits per heavy atom. The molecule has 1 rings (SSSR count). The highest BCUT2D eigenvalue weighted by atomic mass is 16.6. The van der Waals surface area contributed by atoms with Gasteiger partial charge in [0.25, 0.3) is 0 Å². The molecule has 21 heavy (non-hydrogen) atoms. The van der Waals surface area contributed by atoms with Crippen LogP contribution in [0.15, 0.2) is 0 Å². The monoisotopic (exact) mass is 302 g/mol. The van der Waals surface area contributed by atoms with Gasteiger partial charge in [-0.15, -0.1) is 0 Å². The van der Waals surface area contributed by atoms with Crippen LogP contribution >= 0.6 is 0 Å². The minimum absolute atomic E-state index is 0.232. The molecule has 0 heterocycles. The molecule has 1 amide bonds. The maximum absolute atomic E-state index is 11.6. The molecule has 6 heteroatoms. The van der Waals surface area contributed by atoms with Gasteiger partial charge in [-0.05, 0) is 46.6 Å². The van der Waals surface area contributed by atoms with Crippen molar-refractivity contribution in [3.8, 4) is 0 Å². The van der Waals surface area contributed by atoms with Gasteiger partial charge in [-0.2, -0.15) is 0 Å². The minimum atomic E-state index is -0.436. The van der Waals surface area contributed by atoms with Crippen molar-refractivity contribution in [3.05, 3.63) is 0 Å². The van der Waals surface area contributed by atoms with Crippen molar-refractivity contribution >= 4 is 6.09 Å². The topological polar surface area (TPSA) is 68.8 Å². The van der Waals surface area contributed by atoms with Crippen LogP contribution in [0.4, 0.5) is 4.79 Å². The second-order valence-corrected chi connectivity index (χ2v) is 6.42. The van der Waals surface area contributed by atoms with Gasteiger partial charge in [-0.3, -0.25) is 0 Å². The zero-order chi connectivity index (χ0) is 15.7. The predicted molar refractivity (Wildman–Crippen MR) is 81.5 cm³/mol. The van der Waals surface area contributed by atoms with Crippen LogP contribution in [-0.4, -0.2) is 57.3 Å². The number of hydrogen-bond acceptors (Lipinski definition) is 5. The van der Waals surface area contributed by atoms with E-state index in [1.807, 2.05) is 20.8 Å². The van der Waals surface area contributed by atoms with Crippen molar-refractivity contribution in [3.63, 3.8) is 0 Å². The van der Waals surface area contributed by atoms with Crippen LogP contribution in [0.5, 0.6) is 0 Å². The summed E-state index contributed by atoms with van der Waals surface area (Å²) in [5, 5.41) is 6.35. The fourth-order valence-corrected chi connectivity index (χ4v) is 2.10. The van der Waals surface area contributed by atoms with Crippen molar-refractivity contribution in [2.24, 2.45) is 0 Å². The van der Waals surface area contributed by atoms with Crippen LogP contribution in [0.2, 0.25) is 0 Å². The van der Waals surface area contributed by atoms with E-state index in [0.717, 1.165) is 32.4 Å². The lowest BCUT2D eigenvalue weighted by Gasteiger charge is -2.36. The van der Waals surface area contributed by atoms with E-state index in [2.05, 4.69) is 10.6 Å². The Balaban J connectivity index is 1.93. The van der Waals surface area contributed by atoms with Gasteiger partial charge in [0, 0.05) is 25.8 Å². The summed E-state index contributed by atoms with van der Waals surface area (Å²) in [4.78, 5) is 11.6. The lowest BCUT2D eigenvalue weighted by atomic mass is 9.87. The summed E-state index contributed by atoms with van der Waals surface area (Å²) in [6, 6.07) is 0.721. The molecule has 0 aliphatic heterocycles. The molecule has 0 aromatic rings. The van der Waals surface area contributed by atoms with E-state index < -0.39 is 5.60 Å². The highest BCUT2D eigenvalue weighted by Gasteiger charge is 2.30. The number of alkyl carbamates (subject to hydrolysis) is 1. The number of ether oxygens (including phenoxy) is 3. The van der Waals surface area contributed by atoms with E-state index in [1.165, 1.54) is 0 Å². The Bertz CT molecular complexity index is 299. The van der Waals surface area contributed by atoms with E-state index in [1.54, 1.807) is 7.11 Å². The van der Waals surface area contributed by atoms with Gasteiger partial charge >= 0.3 is 6.09 Å². The van der Waals surface area contributed by atoms with E-state index in [4.69, 9.17) is 14.2 Å². The molecule has 0 aromatic carbocycles. The number of methoxy groups -OCH3 is 1. The first-order valence-corrected chi connectivity index (χ1v) is 7.70. The van der Waals surface area contributed by atoms with Gasteiger partial charge in [0.05, 0.1) is 13.2 Å². The second kappa shape index (κ2) is 9.23. The van der Waals surface area contributed by atoms with Crippen LogP contribution in [0, 0.1) is 0 Å². The Morgan fingerprint density at radius 3 is 2.48 bits per heavy atom. The third-order valence-corrected chi connectivity index (χ3v) is 3.19. The molecule has 1 aliphatic rings. The van der Waals surface area contributed by atoms with Gasteiger partial charge in [-0.25, -0.2) is 4.79 Å². The maximum Gasteiger partial charge on any atom is 0.407 e. The molecule has 1 aliphatic carbocycles. The molecule has 0 spiro atoms. The van der Waals surface area contributed by atoms with Crippen LogP contribution in [-0.2, 0) is 14.2 Å². The van der Waals surface area contributed by atoms with Crippen LogP contribution in [0.1, 0.15) is 40.0 Å². The van der Waals surface area contributed by atoms with E-state index in [-0.39, 0.29) is 12.1 Å². The van der Waals surface area contributed by atoms with Gasteiger partial charge in [0.2, 0.25) is 0 Å². The summed E-state index contributed by atoms with van der Waals surface area (Å²) in [6.45, 7) is 8.60. The molecular weight excluding hydrogens is 272 g/mol. The molecule has 124 valence electrons. The lowest BCUT2D eigenvalue weighted by molar-refractivity contribution is 0.0463. The third kappa shape index (κ3) is 8.90. The highest BCUT2D eigenvalue weighted by Crippen LogP contribution is 2.20. The summed E-state index contributed by atoms with van der Waals surface area (Å²) >= 11 is 0. The largest absolute Gasteiger partial charge is 0.444 e. The second-order valence-electron chi connectivity index (χ2n) is 6.42. The molecule has 0 radical (unpaired) electrons. The van der Waals surface area contributed by atoms with Crippen molar-refractivity contribution in [1.82, 2.24) is 10.6 Å². The van der Waals surface area contributed by atoms with E-state index in [0.29, 0.717) is 19.3 Å². The number of amides is 1. The summed E-state index contributed by atoms with van der Waals surface area (Å²) < 4.78 is 15.5. The number of nitrogens with one attached hydrogen (secondary N) is 2. The number of rotatable bonds is 9. The minimum Gasteiger partial charge on any atom is -0.444 e. The first-order chi connectivity index (χ1) is 9.90. The predicted octanol–water partition coefficient (Wildman–Crippen LogP) is 1.68. The fraction of sp³-hybridized carbons (Fsp3) is 0.933. The zero-order valence-corrected chi connectivity index (χ0v) is 13.7. The molecule has 0 bridgehead atoms. The Labute approximate surface area is 127 Å². The molecular formula is C15H30N2O4. The lowest BCUT2D eigenvalue weighted by Crippen LogP contribution is -2.53. The molecule has 0 atom stereocenters. The molecule has 1 fully saturated rings. The standard InChI is InChI=1S/C15H30N2O4/c1-15(2,3)21-14(18)17-13-10-12(11-13)16-6-5-7-20-9-8-19-4/h12-13,16H,5-11H2,1-4H3,(H,17,18). The number of hydrogen-bond donors (Lipinski definition) is 2. The van der Waals surface area contributed by atoms with Gasteiger partial charge in [-0.1, -0.05) is 0 Å². The van der Waals surface area contributed by atoms with Crippen LogP contribution in [0.3, 0.4) is 0 Å². The van der Waals surface area contributed by atoms with Gasteiger partial charge in [0.15, 0.2) is 0 Å². The molecule has 0 aromatic heterocycles. The third-order valence-electron chi connectivity index (χ3n) is 3.19. The summed E-state index contributed by atoms with van der Waals surface area (Å²) in [5.74, 6) is 0. The van der Waals surface area contributed by atoms with Crippen molar-refractivity contribution in [1.29, 1.82) is 0 Å². The van der Waals surface area contributed by atoms with Gasteiger partial charge < -0.3 is 24.8 Å². The summed E-state index contributed by atoms with van der Waals surface area (Å²) in [5.41, 5.74) is -0.436. The molecule has 2 N–H and O–H groups in total. The summed E-state index contributed by atoms with van der Waals surface area (Å²) in [7, 11) is 1.67. The normalized spacial score (nSPS) is 21.7. The average molecular weight is 302 g/mol. The molecule has 0 saturated heterocycles. The van der Waals surface area contributed by atoms with Crippen LogP contribution in [0.25, 0.3) is 0 Å². The van der Waals surface area contributed by atoms with Crippen molar-refractivity contribution < 1.29 is 19.0 Å². The maximum atomic E-state index is 11.6. The van der Waals surface area contributed by atoms with Crippen molar-refractivity contribution in [2.45, 2.75) is 57.7 Å². The fourth-order valence-electron chi connectivity index (χ4n) is 2.10. The number of carbonyl (C=O) groups is 1. The first kappa shape index (κ1) is 18.2. The highest BCUT2D eigenvalue weighted by molar-refractivity contribution is 5.68. The SMILES string of the molecule is COCCOCCCNC1CC(NC(=O)OC(C)(C)C)C1. The average Bonchev–Trinajstić information content (AvgIpc) is 2.31. The quantitative estimate of drug-likeness (QED) is 0.634. The van der Waals surface area contributed by atoms with Crippen molar-refractivity contribution in [2.75, 3.05) is 33.5 Å². The zero-order valence-electron chi connectivity index (χ0n) is 13.7. The van der Waals surface area contributed by atoms with Crippen LogP contribution < -0.4 is 10.6 Å². The first-order valence-electron chi connectivity index (χ1n) is 7.70. The Hall–Kier alpha value is -0.850. The van der Waals surface area contributed by atoms with E-state index in [9.17, 15) is 4.79 Å². The molecule has 0 unspecified atom stereocenters. The smallest absolute Gasteiger partial charge is 0.407 e. The molecule has 6 nitrogen and oxygen atoms in total. The van der Waals surface area contributed by atoms with E-state index >= 15 is 0 Å².